The summed E-state index contributed by atoms with van der Waals surface area (Å²) in [7, 11) is 3.20. The van der Waals surface area contributed by atoms with Crippen molar-refractivity contribution in [3.8, 4) is 5.75 Å². The van der Waals surface area contributed by atoms with E-state index < -0.39 is 0 Å². The zero-order valence-corrected chi connectivity index (χ0v) is 13.3. The molecule has 0 fully saturated rings. The Morgan fingerprint density at radius 3 is 2.57 bits per heavy atom. The second-order valence-electron chi connectivity index (χ2n) is 4.11. The highest BCUT2D eigenvalue weighted by Crippen LogP contribution is 2.29. The van der Waals surface area contributed by atoms with Gasteiger partial charge in [0.2, 0.25) is 0 Å². The summed E-state index contributed by atoms with van der Waals surface area (Å²) < 4.78 is 11.1. The first-order valence-electron chi connectivity index (χ1n) is 6.10. The fourth-order valence-corrected chi connectivity index (χ4v) is 2.26. The number of halogens is 1. The summed E-state index contributed by atoms with van der Waals surface area (Å²) in [5.74, 6) is 7.81. The van der Waals surface area contributed by atoms with Crippen LogP contribution in [0.3, 0.4) is 0 Å². The standard InChI is InChI=1S/C13H16BrN5O2/c1-20-7-13-17-11(6-12(18-13)19-15)16-8-3-4-10(21-2)9(14)5-8/h3-6H,7,15H2,1-2H3,(H2,16,17,18,19). The van der Waals surface area contributed by atoms with E-state index in [1.54, 1.807) is 20.3 Å². The van der Waals surface area contributed by atoms with E-state index in [1.165, 1.54) is 0 Å². The summed E-state index contributed by atoms with van der Waals surface area (Å²) in [5.41, 5.74) is 3.36. The summed E-state index contributed by atoms with van der Waals surface area (Å²) in [6.45, 7) is 0.302. The number of aromatic nitrogens is 2. The molecular weight excluding hydrogens is 338 g/mol. The maximum absolute atomic E-state index is 5.41. The minimum Gasteiger partial charge on any atom is -0.496 e. The van der Waals surface area contributed by atoms with Crippen LogP contribution >= 0.6 is 15.9 Å². The summed E-state index contributed by atoms with van der Waals surface area (Å²) >= 11 is 3.44. The van der Waals surface area contributed by atoms with E-state index in [9.17, 15) is 0 Å². The van der Waals surface area contributed by atoms with Gasteiger partial charge in [0.15, 0.2) is 5.82 Å². The fourth-order valence-electron chi connectivity index (χ4n) is 1.72. The molecule has 1 aromatic carbocycles. The van der Waals surface area contributed by atoms with E-state index in [0.29, 0.717) is 24.1 Å². The Hall–Kier alpha value is -1.90. The lowest BCUT2D eigenvalue weighted by Gasteiger charge is -2.11. The molecule has 0 bridgehead atoms. The summed E-state index contributed by atoms with van der Waals surface area (Å²) in [4.78, 5) is 8.54. The van der Waals surface area contributed by atoms with Crippen LogP contribution in [0.1, 0.15) is 5.82 Å². The largest absolute Gasteiger partial charge is 0.496 e. The Morgan fingerprint density at radius 2 is 1.95 bits per heavy atom. The van der Waals surface area contributed by atoms with E-state index in [2.05, 4.69) is 36.6 Å². The van der Waals surface area contributed by atoms with Crippen LogP contribution in [0.4, 0.5) is 17.3 Å². The van der Waals surface area contributed by atoms with E-state index in [1.807, 2.05) is 18.2 Å². The van der Waals surface area contributed by atoms with Gasteiger partial charge in [0, 0.05) is 18.9 Å². The number of anilines is 3. The molecule has 0 amide bonds. The Kier molecular flexibility index (Phi) is 5.32. The van der Waals surface area contributed by atoms with E-state index in [4.69, 9.17) is 15.3 Å². The number of benzene rings is 1. The number of rotatable bonds is 6. The van der Waals surface area contributed by atoms with Gasteiger partial charge in [-0.15, -0.1) is 0 Å². The molecule has 2 rings (SSSR count). The van der Waals surface area contributed by atoms with Gasteiger partial charge in [-0.25, -0.2) is 15.8 Å². The van der Waals surface area contributed by atoms with E-state index in [0.717, 1.165) is 15.9 Å². The van der Waals surface area contributed by atoms with Gasteiger partial charge in [0.25, 0.3) is 0 Å². The van der Waals surface area contributed by atoms with Crippen molar-refractivity contribution in [1.29, 1.82) is 0 Å². The van der Waals surface area contributed by atoms with Crippen LogP contribution in [0.15, 0.2) is 28.7 Å². The predicted molar refractivity (Wildman–Crippen MR) is 84.5 cm³/mol. The van der Waals surface area contributed by atoms with Crippen molar-refractivity contribution in [1.82, 2.24) is 9.97 Å². The number of ether oxygens (including phenoxy) is 2. The molecule has 0 aliphatic rings. The number of hydrazine groups is 1. The normalized spacial score (nSPS) is 10.3. The molecule has 0 saturated heterocycles. The minimum atomic E-state index is 0.302. The number of nitrogens with one attached hydrogen (secondary N) is 2. The van der Waals surface area contributed by atoms with Crippen molar-refractivity contribution in [2.45, 2.75) is 6.61 Å². The van der Waals surface area contributed by atoms with Crippen molar-refractivity contribution in [2.24, 2.45) is 5.84 Å². The van der Waals surface area contributed by atoms with Crippen molar-refractivity contribution in [2.75, 3.05) is 25.0 Å². The molecule has 0 aliphatic heterocycles. The van der Waals surface area contributed by atoms with Gasteiger partial charge < -0.3 is 20.2 Å². The van der Waals surface area contributed by atoms with Crippen LogP contribution in [-0.4, -0.2) is 24.2 Å². The summed E-state index contributed by atoms with van der Waals surface area (Å²) in [5, 5.41) is 3.18. The number of methoxy groups -OCH3 is 2. The van der Waals surface area contributed by atoms with Crippen LogP contribution in [0.5, 0.6) is 5.75 Å². The minimum absolute atomic E-state index is 0.302. The van der Waals surface area contributed by atoms with Crippen molar-refractivity contribution in [3.05, 3.63) is 34.6 Å². The molecule has 7 nitrogen and oxygen atoms in total. The summed E-state index contributed by atoms with van der Waals surface area (Å²) in [6, 6.07) is 7.34. The highest BCUT2D eigenvalue weighted by Gasteiger charge is 2.06. The molecule has 2 aromatic rings. The highest BCUT2D eigenvalue weighted by molar-refractivity contribution is 9.10. The second kappa shape index (κ2) is 7.21. The molecule has 0 spiro atoms. The molecular formula is C13H16BrN5O2. The van der Waals surface area contributed by atoms with Gasteiger partial charge >= 0.3 is 0 Å². The van der Waals surface area contributed by atoms with Gasteiger partial charge in [-0.2, -0.15) is 0 Å². The zero-order chi connectivity index (χ0) is 15.2. The van der Waals surface area contributed by atoms with Crippen LogP contribution in [0, 0.1) is 0 Å². The van der Waals surface area contributed by atoms with Crippen molar-refractivity contribution in [3.63, 3.8) is 0 Å². The first-order valence-corrected chi connectivity index (χ1v) is 6.89. The Labute approximate surface area is 131 Å². The molecule has 4 N–H and O–H groups in total. The maximum Gasteiger partial charge on any atom is 0.158 e. The third kappa shape index (κ3) is 4.03. The highest BCUT2D eigenvalue weighted by atomic mass is 79.9. The van der Waals surface area contributed by atoms with Crippen LogP contribution in [0.25, 0.3) is 0 Å². The topological polar surface area (TPSA) is 94.3 Å². The SMILES string of the molecule is COCc1nc(NN)cc(Nc2ccc(OC)c(Br)c2)n1. The van der Waals surface area contributed by atoms with Crippen LogP contribution in [-0.2, 0) is 11.3 Å². The molecule has 1 heterocycles. The molecule has 0 saturated carbocycles. The van der Waals surface area contributed by atoms with Gasteiger partial charge in [-0.05, 0) is 34.1 Å². The third-order valence-corrected chi connectivity index (χ3v) is 3.24. The zero-order valence-electron chi connectivity index (χ0n) is 11.7. The van der Waals surface area contributed by atoms with Crippen molar-refractivity contribution >= 4 is 33.3 Å². The van der Waals surface area contributed by atoms with E-state index >= 15 is 0 Å². The molecule has 0 radical (unpaired) electrons. The Bertz CT molecular complexity index is 624. The monoisotopic (exact) mass is 353 g/mol. The van der Waals surface area contributed by atoms with Crippen LogP contribution < -0.4 is 21.3 Å². The third-order valence-electron chi connectivity index (χ3n) is 2.62. The quantitative estimate of drug-likeness (QED) is 0.542. The number of nitrogen functional groups attached to an aromatic ring is 1. The summed E-state index contributed by atoms with van der Waals surface area (Å²) in [6.07, 6.45) is 0. The molecule has 0 aliphatic carbocycles. The van der Waals surface area contributed by atoms with Crippen LogP contribution in [0.2, 0.25) is 0 Å². The average Bonchev–Trinajstić information content (AvgIpc) is 2.47. The van der Waals surface area contributed by atoms with Crippen molar-refractivity contribution < 1.29 is 9.47 Å². The fraction of sp³-hybridized carbons (Fsp3) is 0.231. The number of nitrogens with zero attached hydrogens (tertiary/aromatic N) is 2. The first kappa shape index (κ1) is 15.5. The second-order valence-corrected chi connectivity index (χ2v) is 4.96. The van der Waals surface area contributed by atoms with E-state index in [-0.39, 0.29) is 0 Å². The smallest absolute Gasteiger partial charge is 0.158 e. The van der Waals surface area contributed by atoms with Gasteiger partial charge in [0.1, 0.15) is 24.0 Å². The number of nitrogens with two attached hydrogens (primary N) is 1. The lowest BCUT2D eigenvalue weighted by Crippen LogP contribution is -2.11. The average molecular weight is 354 g/mol. The first-order chi connectivity index (χ1) is 10.2. The Balaban J connectivity index is 2.25. The molecule has 112 valence electrons. The lowest BCUT2D eigenvalue weighted by molar-refractivity contribution is 0.178. The van der Waals surface area contributed by atoms with Gasteiger partial charge in [0.05, 0.1) is 11.6 Å². The number of hydrogen-bond donors (Lipinski definition) is 3. The number of hydrogen-bond acceptors (Lipinski definition) is 7. The molecule has 1 aromatic heterocycles. The molecule has 21 heavy (non-hydrogen) atoms. The van der Waals surface area contributed by atoms with Gasteiger partial charge in [-0.3, -0.25) is 0 Å². The Morgan fingerprint density at radius 1 is 1.19 bits per heavy atom. The molecule has 0 atom stereocenters. The van der Waals surface area contributed by atoms with Gasteiger partial charge in [-0.1, -0.05) is 0 Å². The predicted octanol–water partition coefficient (Wildman–Crippen LogP) is 2.42. The lowest BCUT2D eigenvalue weighted by atomic mass is 10.3. The molecule has 0 unspecified atom stereocenters. The maximum atomic E-state index is 5.41. The molecule has 8 heteroatoms.